The van der Waals surface area contributed by atoms with Gasteiger partial charge in [0.1, 0.15) is 6.04 Å². The summed E-state index contributed by atoms with van der Waals surface area (Å²) in [6, 6.07) is 0.437. The molecule has 2 amide bonds. The molecule has 3 aliphatic rings. The number of ketones is 1. The summed E-state index contributed by atoms with van der Waals surface area (Å²) in [6.45, 7) is 3.17. The standard InChI is InChI=1S/C20H24N2O9/c1-6-30-18(25)21-12-8-9-20(29-5,22(21)19(26)31-7-2)17(24)14-11(12)10-13(27-3)16(28-4)15(14)23/h8-10,12,23H,6-7H2,1-5H3/t12-,20-/m0/s1. The van der Waals surface area contributed by atoms with Crippen LogP contribution in [0.4, 0.5) is 9.59 Å². The molecule has 0 unspecified atom stereocenters. The molecule has 2 aliphatic heterocycles. The van der Waals surface area contributed by atoms with E-state index in [0.717, 1.165) is 10.0 Å². The van der Waals surface area contributed by atoms with Crippen molar-refractivity contribution in [2.24, 2.45) is 0 Å². The Balaban J connectivity index is 2.37. The van der Waals surface area contributed by atoms with E-state index in [1.807, 2.05) is 0 Å². The van der Waals surface area contributed by atoms with Crippen LogP contribution in [-0.4, -0.2) is 73.4 Å². The highest BCUT2D eigenvalue weighted by Crippen LogP contribution is 2.51. The second kappa shape index (κ2) is 8.34. The number of hydrazine groups is 1. The van der Waals surface area contributed by atoms with Crippen LogP contribution in [0, 0.1) is 0 Å². The molecule has 0 fully saturated rings. The van der Waals surface area contributed by atoms with Gasteiger partial charge >= 0.3 is 12.2 Å². The molecular formula is C20H24N2O9. The Morgan fingerprint density at radius 2 is 1.74 bits per heavy atom. The van der Waals surface area contributed by atoms with Crippen molar-refractivity contribution in [2.45, 2.75) is 25.6 Å². The van der Waals surface area contributed by atoms with Gasteiger partial charge in [0.2, 0.25) is 17.3 Å². The number of Topliss-reactive ketones (excluding diaryl/α,β-unsaturated/α-hetero) is 1. The lowest BCUT2D eigenvalue weighted by molar-refractivity contribution is -0.158. The zero-order valence-corrected chi connectivity index (χ0v) is 17.8. The van der Waals surface area contributed by atoms with Gasteiger partial charge in [-0.25, -0.2) is 9.59 Å². The van der Waals surface area contributed by atoms with E-state index in [2.05, 4.69) is 0 Å². The number of ether oxygens (including phenoxy) is 5. The second-order valence-electron chi connectivity index (χ2n) is 6.51. The lowest BCUT2D eigenvalue weighted by atomic mass is 9.95. The minimum absolute atomic E-state index is 0.0143. The summed E-state index contributed by atoms with van der Waals surface area (Å²) >= 11 is 0. The maximum absolute atomic E-state index is 13.7. The molecule has 1 aromatic carbocycles. The first-order valence-corrected chi connectivity index (χ1v) is 9.52. The zero-order valence-electron chi connectivity index (χ0n) is 17.8. The highest BCUT2D eigenvalue weighted by molar-refractivity contribution is 6.10. The largest absolute Gasteiger partial charge is 0.504 e. The molecule has 2 atom stereocenters. The van der Waals surface area contributed by atoms with Crippen LogP contribution in [0.3, 0.4) is 0 Å². The number of amides is 2. The lowest BCUT2D eigenvalue weighted by Crippen LogP contribution is -2.66. The first kappa shape index (κ1) is 22.2. The van der Waals surface area contributed by atoms with Gasteiger partial charge in [0.25, 0.3) is 0 Å². The molecular weight excluding hydrogens is 412 g/mol. The SMILES string of the molecule is CCOC(=O)N1[C@H]2C=C[C@](OC)(C(=O)c3c2cc(OC)c(OC)c3O)N1C(=O)OCC. The number of nitrogens with zero attached hydrogens (tertiary/aromatic N) is 2. The minimum Gasteiger partial charge on any atom is -0.504 e. The van der Waals surface area contributed by atoms with Crippen LogP contribution < -0.4 is 9.47 Å². The van der Waals surface area contributed by atoms with Crippen LogP contribution in [0.2, 0.25) is 0 Å². The minimum atomic E-state index is -2.11. The van der Waals surface area contributed by atoms with Crippen molar-refractivity contribution in [1.82, 2.24) is 10.0 Å². The van der Waals surface area contributed by atoms with Crippen LogP contribution in [0.5, 0.6) is 17.2 Å². The maximum atomic E-state index is 13.7. The van der Waals surface area contributed by atoms with E-state index in [0.29, 0.717) is 0 Å². The number of benzene rings is 1. The summed E-state index contributed by atoms with van der Waals surface area (Å²) in [7, 11) is 3.86. The first-order chi connectivity index (χ1) is 14.8. The number of phenols is 1. The molecule has 31 heavy (non-hydrogen) atoms. The fraction of sp³-hybridized carbons (Fsp3) is 0.450. The van der Waals surface area contributed by atoms with Crippen LogP contribution in [-0.2, 0) is 14.2 Å². The van der Waals surface area contributed by atoms with Crippen molar-refractivity contribution >= 4 is 18.0 Å². The van der Waals surface area contributed by atoms with E-state index >= 15 is 0 Å². The average molecular weight is 436 g/mol. The normalized spacial score (nSPS) is 21.5. The zero-order chi connectivity index (χ0) is 22.9. The van der Waals surface area contributed by atoms with E-state index in [4.69, 9.17) is 23.7 Å². The fourth-order valence-corrected chi connectivity index (χ4v) is 3.75. The van der Waals surface area contributed by atoms with Crippen LogP contribution >= 0.6 is 0 Å². The van der Waals surface area contributed by atoms with Crippen LogP contribution in [0.15, 0.2) is 18.2 Å². The number of carbonyl (C=O) groups excluding carboxylic acids is 3. The monoisotopic (exact) mass is 436 g/mol. The summed E-state index contributed by atoms with van der Waals surface area (Å²) < 4.78 is 26.2. The van der Waals surface area contributed by atoms with Crippen LogP contribution in [0.1, 0.15) is 35.8 Å². The summed E-state index contributed by atoms with van der Waals surface area (Å²) in [5, 5.41) is 12.6. The summed E-state index contributed by atoms with van der Waals surface area (Å²) in [6.07, 6.45) is 0.920. The quantitative estimate of drug-likeness (QED) is 0.693. The van der Waals surface area contributed by atoms with E-state index < -0.39 is 35.5 Å². The molecule has 0 radical (unpaired) electrons. The number of phenolic OH excluding ortho intramolecular Hbond substituents is 1. The second-order valence-corrected chi connectivity index (χ2v) is 6.51. The molecule has 0 saturated heterocycles. The van der Waals surface area contributed by atoms with Gasteiger partial charge in [-0.1, -0.05) is 6.08 Å². The van der Waals surface area contributed by atoms with Gasteiger partial charge < -0.3 is 28.8 Å². The van der Waals surface area contributed by atoms with Gasteiger partial charge in [-0.3, -0.25) is 4.79 Å². The van der Waals surface area contributed by atoms with Gasteiger partial charge in [-0.2, -0.15) is 10.0 Å². The molecule has 168 valence electrons. The number of hydrogen-bond acceptors (Lipinski definition) is 9. The predicted molar refractivity (Wildman–Crippen MR) is 105 cm³/mol. The molecule has 2 bridgehead atoms. The average Bonchev–Trinajstić information content (AvgIpc) is 2.93. The Kier molecular flexibility index (Phi) is 5.98. The number of rotatable bonds is 5. The van der Waals surface area contributed by atoms with Gasteiger partial charge in [0.05, 0.1) is 33.0 Å². The molecule has 2 heterocycles. The van der Waals surface area contributed by atoms with Gasteiger partial charge in [-0.05, 0) is 31.6 Å². The Morgan fingerprint density at radius 1 is 1.10 bits per heavy atom. The van der Waals surface area contributed by atoms with E-state index in [1.54, 1.807) is 13.8 Å². The Bertz CT molecular complexity index is 945. The topological polar surface area (TPSA) is 124 Å². The molecule has 0 aromatic heterocycles. The van der Waals surface area contributed by atoms with E-state index in [9.17, 15) is 19.5 Å². The molecule has 11 heteroatoms. The third kappa shape index (κ3) is 3.12. The van der Waals surface area contributed by atoms with Crippen molar-refractivity contribution in [3.8, 4) is 17.2 Å². The molecule has 1 aromatic rings. The number of methoxy groups -OCH3 is 3. The van der Waals surface area contributed by atoms with Gasteiger partial charge in [-0.15, -0.1) is 0 Å². The van der Waals surface area contributed by atoms with Crippen molar-refractivity contribution in [3.05, 3.63) is 29.3 Å². The fourth-order valence-electron chi connectivity index (χ4n) is 3.75. The molecule has 0 saturated carbocycles. The Labute approximate surface area is 178 Å². The molecule has 1 aliphatic carbocycles. The van der Waals surface area contributed by atoms with E-state index in [1.165, 1.54) is 39.5 Å². The van der Waals surface area contributed by atoms with E-state index in [-0.39, 0.29) is 35.8 Å². The third-order valence-corrected chi connectivity index (χ3v) is 5.05. The highest BCUT2D eigenvalue weighted by atomic mass is 16.6. The Morgan fingerprint density at radius 3 is 2.29 bits per heavy atom. The number of fused-ring (bicyclic) bond motifs is 1. The third-order valence-electron chi connectivity index (χ3n) is 5.05. The first-order valence-electron chi connectivity index (χ1n) is 9.52. The smallest absolute Gasteiger partial charge is 0.432 e. The molecule has 11 nitrogen and oxygen atoms in total. The summed E-state index contributed by atoms with van der Waals surface area (Å²) in [4.78, 5) is 39.6. The highest BCUT2D eigenvalue weighted by Gasteiger charge is 2.59. The molecule has 1 N–H and O–H groups in total. The van der Waals surface area contributed by atoms with Crippen molar-refractivity contribution in [2.75, 3.05) is 34.5 Å². The summed E-state index contributed by atoms with van der Waals surface area (Å²) in [5.41, 5.74) is -2.11. The number of carbonyl (C=O) groups is 3. The Hall–Kier alpha value is -3.47. The number of hydrogen-bond donors (Lipinski definition) is 1. The van der Waals surface area contributed by atoms with Crippen molar-refractivity contribution < 1.29 is 43.2 Å². The summed E-state index contributed by atoms with van der Waals surface area (Å²) in [5.74, 6) is -1.26. The molecule has 0 spiro atoms. The van der Waals surface area contributed by atoms with Crippen molar-refractivity contribution in [3.63, 3.8) is 0 Å². The van der Waals surface area contributed by atoms with Gasteiger partial charge in [0.15, 0.2) is 11.5 Å². The van der Waals surface area contributed by atoms with Crippen molar-refractivity contribution in [1.29, 1.82) is 0 Å². The maximum Gasteiger partial charge on any atom is 0.432 e. The number of aromatic hydroxyl groups is 1. The van der Waals surface area contributed by atoms with Gasteiger partial charge in [0, 0.05) is 7.11 Å². The molecule has 4 rings (SSSR count). The lowest BCUT2D eigenvalue weighted by Gasteiger charge is -2.46. The van der Waals surface area contributed by atoms with Crippen LogP contribution in [0.25, 0.3) is 0 Å². The predicted octanol–water partition coefficient (Wildman–Crippen LogP) is 2.39.